The molecule has 7 heteroatoms. The second-order valence-electron chi connectivity index (χ2n) is 6.32. The molecule has 3 aromatic carbocycles. The number of rotatable bonds is 5. The number of carbonyl (C=O) groups is 1. The number of halogens is 1. The fourth-order valence-electron chi connectivity index (χ4n) is 2.69. The summed E-state index contributed by atoms with van der Waals surface area (Å²) in [5.41, 5.74) is 3.91. The van der Waals surface area contributed by atoms with Gasteiger partial charge in [-0.3, -0.25) is 4.79 Å². The lowest BCUT2D eigenvalue weighted by Gasteiger charge is -2.07. The van der Waals surface area contributed by atoms with Crippen LogP contribution in [0.25, 0.3) is 16.7 Å². The van der Waals surface area contributed by atoms with Gasteiger partial charge in [-0.1, -0.05) is 35.4 Å². The molecule has 0 saturated carbocycles. The summed E-state index contributed by atoms with van der Waals surface area (Å²) >= 11 is 6.03. The molecule has 0 spiro atoms. The molecule has 0 saturated heterocycles. The van der Waals surface area contributed by atoms with E-state index in [0.29, 0.717) is 27.5 Å². The summed E-state index contributed by atoms with van der Waals surface area (Å²) in [6.45, 7) is 1.92. The second kappa shape index (κ2) is 7.70. The number of hydrogen-bond acceptors (Lipinski definition) is 4. The number of nitrogens with one attached hydrogen (secondary N) is 1. The van der Waals surface area contributed by atoms with Crippen molar-refractivity contribution in [3.8, 4) is 11.4 Å². The highest BCUT2D eigenvalue weighted by atomic mass is 35.5. The molecular weight excluding hydrogens is 376 g/mol. The van der Waals surface area contributed by atoms with Gasteiger partial charge in [0.1, 0.15) is 16.8 Å². The number of hydrogen-bond donors (Lipinski definition) is 1. The summed E-state index contributed by atoms with van der Waals surface area (Å²) in [4.78, 5) is 13.7. The van der Waals surface area contributed by atoms with E-state index in [1.165, 1.54) is 4.80 Å². The van der Waals surface area contributed by atoms with Gasteiger partial charge in [0.05, 0.1) is 5.69 Å². The summed E-state index contributed by atoms with van der Waals surface area (Å²) in [6, 6.07) is 20.2. The lowest BCUT2D eigenvalue weighted by molar-refractivity contribution is -0.118. The van der Waals surface area contributed by atoms with E-state index >= 15 is 0 Å². The average Bonchev–Trinajstić information content (AvgIpc) is 3.11. The molecule has 1 aromatic heterocycles. The first-order chi connectivity index (χ1) is 13.6. The fourth-order valence-corrected chi connectivity index (χ4v) is 2.87. The summed E-state index contributed by atoms with van der Waals surface area (Å²) in [7, 11) is 0. The highest BCUT2D eigenvalue weighted by Gasteiger charge is 2.09. The van der Waals surface area contributed by atoms with Gasteiger partial charge in [0, 0.05) is 10.7 Å². The molecule has 0 aliphatic rings. The molecule has 0 fully saturated rings. The van der Waals surface area contributed by atoms with Crippen LogP contribution >= 0.6 is 11.6 Å². The molecule has 0 aliphatic heterocycles. The number of aromatic nitrogens is 3. The van der Waals surface area contributed by atoms with E-state index in [4.69, 9.17) is 16.3 Å². The number of carbonyl (C=O) groups excluding carboxylic acids is 1. The Morgan fingerprint density at radius 3 is 2.61 bits per heavy atom. The van der Waals surface area contributed by atoms with E-state index in [1.54, 1.807) is 30.3 Å². The van der Waals surface area contributed by atoms with Crippen LogP contribution < -0.4 is 10.1 Å². The zero-order chi connectivity index (χ0) is 19.5. The van der Waals surface area contributed by atoms with Crippen LogP contribution in [0.5, 0.6) is 5.75 Å². The highest BCUT2D eigenvalue weighted by Crippen LogP contribution is 2.19. The van der Waals surface area contributed by atoms with E-state index in [2.05, 4.69) is 15.5 Å². The van der Waals surface area contributed by atoms with Gasteiger partial charge >= 0.3 is 0 Å². The number of amides is 1. The van der Waals surface area contributed by atoms with Gasteiger partial charge in [-0.05, 0) is 55.5 Å². The predicted molar refractivity (Wildman–Crippen MR) is 109 cm³/mol. The minimum Gasteiger partial charge on any atom is -0.484 e. The third-order valence-electron chi connectivity index (χ3n) is 4.09. The van der Waals surface area contributed by atoms with Crippen molar-refractivity contribution in [1.82, 2.24) is 15.0 Å². The third kappa shape index (κ3) is 4.13. The average molecular weight is 393 g/mol. The van der Waals surface area contributed by atoms with Crippen LogP contribution in [0.3, 0.4) is 0 Å². The molecule has 0 bridgehead atoms. The van der Waals surface area contributed by atoms with E-state index in [9.17, 15) is 4.79 Å². The second-order valence-corrected chi connectivity index (χ2v) is 6.76. The zero-order valence-electron chi connectivity index (χ0n) is 15.1. The molecular formula is C21H17ClN4O2. The Balaban J connectivity index is 1.45. The number of aryl methyl sites for hydroxylation is 1. The van der Waals surface area contributed by atoms with Crippen molar-refractivity contribution in [2.45, 2.75) is 6.92 Å². The quantitative estimate of drug-likeness (QED) is 0.546. The fraction of sp³-hybridized carbons (Fsp3) is 0.0952. The Morgan fingerprint density at radius 1 is 1.04 bits per heavy atom. The summed E-state index contributed by atoms with van der Waals surface area (Å²) in [5, 5.41) is 12.3. The van der Waals surface area contributed by atoms with Crippen molar-refractivity contribution in [1.29, 1.82) is 0 Å². The van der Waals surface area contributed by atoms with Gasteiger partial charge in [-0.25, -0.2) is 0 Å². The molecule has 1 N–H and O–H groups in total. The third-order valence-corrected chi connectivity index (χ3v) is 4.33. The maximum atomic E-state index is 12.2. The van der Waals surface area contributed by atoms with Crippen LogP contribution in [0.15, 0.2) is 66.7 Å². The minimum absolute atomic E-state index is 0.0731. The largest absolute Gasteiger partial charge is 0.484 e. The van der Waals surface area contributed by atoms with Gasteiger partial charge in [0.25, 0.3) is 5.91 Å². The van der Waals surface area contributed by atoms with Gasteiger partial charge in [-0.2, -0.15) is 4.80 Å². The number of ether oxygens (including phenoxy) is 1. The molecule has 4 aromatic rings. The molecule has 1 amide bonds. The van der Waals surface area contributed by atoms with Gasteiger partial charge < -0.3 is 10.1 Å². The van der Waals surface area contributed by atoms with Crippen molar-refractivity contribution in [3.05, 3.63) is 77.3 Å². The van der Waals surface area contributed by atoms with E-state index in [-0.39, 0.29) is 12.5 Å². The molecule has 0 radical (unpaired) electrons. The number of fused-ring (bicyclic) bond motifs is 1. The normalized spacial score (nSPS) is 10.8. The van der Waals surface area contributed by atoms with Crippen LogP contribution in [0, 0.1) is 6.92 Å². The molecule has 1 heterocycles. The van der Waals surface area contributed by atoms with Crippen molar-refractivity contribution in [2.24, 2.45) is 0 Å². The van der Waals surface area contributed by atoms with Gasteiger partial charge in [0.2, 0.25) is 0 Å². The lowest BCUT2D eigenvalue weighted by Crippen LogP contribution is -2.20. The lowest BCUT2D eigenvalue weighted by atomic mass is 10.2. The summed E-state index contributed by atoms with van der Waals surface area (Å²) in [6.07, 6.45) is 0. The Hall–Kier alpha value is -3.38. The molecule has 0 atom stereocenters. The van der Waals surface area contributed by atoms with Crippen LogP contribution in [0.4, 0.5) is 5.69 Å². The van der Waals surface area contributed by atoms with Crippen molar-refractivity contribution in [3.63, 3.8) is 0 Å². The maximum Gasteiger partial charge on any atom is 0.262 e. The van der Waals surface area contributed by atoms with Crippen molar-refractivity contribution in [2.75, 3.05) is 11.9 Å². The van der Waals surface area contributed by atoms with Crippen LogP contribution in [-0.2, 0) is 4.79 Å². The van der Waals surface area contributed by atoms with Crippen molar-refractivity contribution < 1.29 is 9.53 Å². The first-order valence-electron chi connectivity index (χ1n) is 8.69. The maximum absolute atomic E-state index is 12.2. The Kier molecular flexibility index (Phi) is 4.95. The van der Waals surface area contributed by atoms with E-state index < -0.39 is 0 Å². The molecule has 6 nitrogen and oxygen atoms in total. The van der Waals surface area contributed by atoms with E-state index in [1.807, 2.05) is 43.3 Å². The molecule has 0 aliphatic carbocycles. The monoisotopic (exact) mass is 392 g/mol. The smallest absolute Gasteiger partial charge is 0.262 e. The number of nitrogens with zero attached hydrogens (tertiary/aromatic N) is 3. The highest BCUT2D eigenvalue weighted by molar-refractivity contribution is 6.30. The zero-order valence-corrected chi connectivity index (χ0v) is 15.8. The first kappa shape index (κ1) is 18.0. The summed E-state index contributed by atoms with van der Waals surface area (Å²) in [5.74, 6) is 0.405. The minimum atomic E-state index is -0.248. The summed E-state index contributed by atoms with van der Waals surface area (Å²) < 4.78 is 5.50. The van der Waals surface area contributed by atoms with Crippen LogP contribution in [-0.4, -0.2) is 27.5 Å². The Labute approximate surface area is 166 Å². The van der Waals surface area contributed by atoms with Gasteiger partial charge in [-0.15, -0.1) is 10.2 Å². The van der Waals surface area contributed by atoms with E-state index in [0.717, 1.165) is 11.3 Å². The Morgan fingerprint density at radius 2 is 1.82 bits per heavy atom. The molecule has 28 heavy (non-hydrogen) atoms. The SMILES string of the molecule is Cc1ccc(OCC(=O)Nc2ccc3nn(-c4cccc(Cl)c4)nc3c2)cc1. The molecule has 140 valence electrons. The standard InChI is InChI=1S/C21H17ClN4O2/c1-14-5-8-18(9-6-14)28-13-21(27)23-16-7-10-19-20(12-16)25-26(24-19)17-4-2-3-15(22)11-17/h2-12H,13H2,1H3,(H,23,27). The first-order valence-corrected chi connectivity index (χ1v) is 9.07. The topological polar surface area (TPSA) is 69.0 Å². The van der Waals surface area contributed by atoms with Crippen LogP contribution in [0.2, 0.25) is 5.02 Å². The number of benzene rings is 3. The predicted octanol–water partition coefficient (Wildman–Crippen LogP) is 4.40. The molecule has 4 rings (SSSR count). The molecule has 0 unspecified atom stereocenters. The van der Waals surface area contributed by atoms with Crippen LogP contribution in [0.1, 0.15) is 5.56 Å². The number of anilines is 1. The Bertz CT molecular complexity index is 1140. The van der Waals surface area contributed by atoms with Crippen molar-refractivity contribution >= 4 is 34.2 Å². The van der Waals surface area contributed by atoms with Gasteiger partial charge in [0.15, 0.2) is 6.61 Å².